The minimum atomic E-state index is -0.874. The number of carbonyl (C=O) groups excluding carboxylic acids is 1. The number of likely N-dealkylation sites (N-methyl/N-ethyl adjacent to an activating group) is 1. The molecule has 5 heteroatoms. The van der Waals surface area contributed by atoms with E-state index < -0.39 is 5.97 Å². The van der Waals surface area contributed by atoms with Crippen LogP contribution in [0.1, 0.15) is 121 Å². The van der Waals surface area contributed by atoms with Crippen molar-refractivity contribution in [1.82, 2.24) is 9.88 Å². The van der Waals surface area contributed by atoms with Gasteiger partial charge in [0.25, 0.3) is 0 Å². The van der Waals surface area contributed by atoms with E-state index in [0.717, 1.165) is 49.8 Å². The third-order valence-electron chi connectivity index (χ3n) is 16.3. The Morgan fingerprint density at radius 3 is 2.30 bits per heavy atom. The largest absolute Gasteiger partial charge is 0.478 e. The van der Waals surface area contributed by atoms with Crippen molar-refractivity contribution in [2.75, 3.05) is 13.6 Å². The third kappa shape index (κ3) is 5.02. The van der Waals surface area contributed by atoms with Crippen LogP contribution in [0, 0.1) is 56.7 Å². The van der Waals surface area contributed by atoms with E-state index in [9.17, 15) is 14.7 Å². The fourth-order valence-electron chi connectivity index (χ4n) is 13.7. The Hall–Kier alpha value is -3.21. The quantitative estimate of drug-likeness (QED) is 0.296. The van der Waals surface area contributed by atoms with Crippen LogP contribution in [0.3, 0.4) is 0 Å². The fraction of sp³-hybridized carbons (Fsp3) is 0.622. The SMILES string of the molecule is C=C(C)[C@@H]1CC[C@]2(C(=O)N(C)CCc3ccccn3)CC[C@]3(C)[C@H](CC[C@@H]4[C@@]5(C)CC=C(c6ccc(C(=O)O)cc6)C(C)(C)[C@@H]5CC[C@]43C)[C@@H]12. The first-order valence-corrected chi connectivity index (χ1v) is 19.5. The van der Waals surface area contributed by atoms with Gasteiger partial charge in [-0.05, 0) is 151 Å². The number of nitrogens with zero attached hydrogens (tertiary/aromatic N) is 2. The van der Waals surface area contributed by atoms with Gasteiger partial charge in [-0.2, -0.15) is 0 Å². The molecule has 268 valence electrons. The lowest BCUT2D eigenvalue weighted by Gasteiger charge is -2.72. The molecule has 1 aromatic carbocycles. The average molecular weight is 677 g/mol. The van der Waals surface area contributed by atoms with Crippen molar-refractivity contribution in [1.29, 1.82) is 0 Å². The first kappa shape index (κ1) is 35.2. The zero-order valence-electron chi connectivity index (χ0n) is 31.7. The zero-order chi connectivity index (χ0) is 35.9. The van der Waals surface area contributed by atoms with E-state index in [2.05, 4.69) is 65.2 Å². The Morgan fingerprint density at radius 1 is 0.900 bits per heavy atom. The molecule has 1 aromatic heterocycles. The lowest BCUT2D eigenvalue weighted by Crippen LogP contribution is -2.66. The molecule has 4 fully saturated rings. The van der Waals surface area contributed by atoms with Crippen molar-refractivity contribution < 1.29 is 14.7 Å². The summed E-state index contributed by atoms with van der Waals surface area (Å²) in [5.41, 5.74) is 5.46. The van der Waals surface area contributed by atoms with Crippen molar-refractivity contribution in [2.24, 2.45) is 56.7 Å². The third-order valence-corrected chi connectivity index (χ3v) is 16.3. The molecule has 9 atom stereocenters. The summed E-state index contributed by atoms with van der Waals surface area (Å²) >= 11 is 0. The molecule has 4 saturated carbocycles. The van der Waals surface area contributed by atoms with E-state index in [-0.39, 0.29) is 27.1 Å². The Morgan fingerprint density at radius 2 is 1.64 bits per heavy atom. The van der Waals surface area contributed by atoms with Crippen LogP contribution < -0.4 is 0 Å². The first-order chi connectivity index (χ1) is 23.6. The van der Waals surface area contributed by atoms with Crippen LogP contribution in [0.2, 0.25) is 0 Å². The number of rotatable bonds is 7. The maximum atomic E-state index is 14.8. The average Bonchev–Trinajstić information content (AvgIpc) is 3.49. The van der Waals surface area contributed by atoms with E-state index in [4.69, 9.17) is 0 Å². The summed E-state index contributed by atoms with van der Waals surface area (Å²) in [6.45, 7) is 20.3. The second-order valence-electron chi connectivity index (χ2n) is 18.6. The molecule has 0 radical (unpaired) electrons. The number of carboxylic acids is 1. The summed E-state index contributed by atoms with van der Waals surface area (Å²) in [5.74, 6) is 1.96. The van der Waals surface area contributed by atoms with Crippen molar-refractivity contribution in [2.45, 2.75) is 106 Å². The molecule has 1 heterocycles. The van der Waals surface area contributed by atoms with Crippen LogP contribution in [0.15, 0.2) is 66.9 Å². The summed E-state index contributed by atoms with van der Waals surface area (Å²) in [6, 6.07) is 13.6. The molecule has 50 heavy (non-hydrogen) atoms. The highest BCUT2D eigenvalue weighted by atomic mass is 16.4. The highest BCUT2D eigenvalue weighted by Crippen LogP contribution is 2.77. The lowest BCUT2D eigenvalue weighted by molar-refractivity contribution is -0.226. The maximum absolute atomic E-state index is 14.8. The van der Waals surface area contributed by atoms with Crippen LogP contribution in [0.5, 0.6) is 0 Å². The Labute approximate surface area is 301 Å². The molecule has 7 rings (SSSR count). The molecule has 0 spiro atoms. The zero-order valence-corrected chi connectivity index (χ0v) is 31.7. The number of hydrogen-bond donors (Lipinski definition) is 1. The monoisotopic (exact) mass is 676 g/mol. The highest BCUT2D eigenvalue weighted by Gasteiger charge is 2.71. The van der Waals surface area contributed by atoms with E-state index in [1.54, 1.807) is 12.1 Å². The molecule has 0 aliphatic heterocycles. The molecular formula is C45H60N2O3. The second-order valence-corrected chi connectivity index (χ2v) is 18.6. The van der Waals surface area contributed by atoms with Crippen LogP contribution in [0.4, 0.5) is 0 Å². The van der Waals surface area contributed by atoms with Crippen molar-refractivity contribution in [3.8, 4) is 0 Å². The van der Waals surface area contributed by atoms with Crippen LogP contribution in [0.25, 0.3) is 5.57 Å². The van der Waals surface area contributed by atoms with Gasteiger partial charge in [0.05, 0.1) is 11.0 Å². The molecule has 2 aromatic rings. The molecule has 5 aliphatic carbocycles. The number of amides is 1. The highest BCUT2D eigenvalue weighted by molar-refractivity contribution is 5.88. The van der Waals surface area contributed by atoms with Gasteiger partial charge in [-0.25, -0.2) is 4.79 Å². The van der Waals surface area contributed by atoms with Gasteiger partial charge in [-0.3, -0.25) is 9.78 Å². The molecule has 5 aliphatic rings. The summed E-state index contributed by atoms with van der Waals surface area (Å²) in [7, 11) is 2.03. The molecule has 0 unspecified atom stereocenters. The van der Waals surface area contributed by atoms with Crippen LogP contribution in [-0.2, 0) is 11.2 Å². The van der Waals surface area contributed by atoms with Gasteiger partial charge in [0.2, 0.25) is 5.91 Å². The number of aromatic nitrogens is 1. The number of carboxylic acid groups (broad SMARTS) is 1. The molecule has 1 N–H and O–H groups in total. The molecule has 1 amide bonds. The second kappa shape index (κ2) is 12.2. The van der Waals surface area contributed by atoms with E-state index >= 15 is 0 Å². The topological polar surface area (TPSA) is 70.5 Å². The molecule has 5 nitrogen and oxygen atoms in total. The normalized spacial score (nSPS) is 38.5. The number of hydrogen-bond acceptors (Lipinski definition) is 3. The van der Waals surface area contributed by atoms with Gasteiger partial charge in [-0.15, -0.1) is 0 Å². The Kier molecular flexibility index (Phi) is 8.59. The van der Waals surface area contributed by atoms with E-state index in [1.165, 1.54) is 36.8 Å². The van der Waals surface area contributed by atoms with Gasteiger partial charge >= 0.3 is 5.97 Å². The van der Waals surface area contributed by atoms with Gasteiger partial charge in [0.1, 0.15) is 0 Å². The number of allylic oxidation sites excluding steroid dienone is 3. The first-order valence-electron chi connectivity index (χ1n) is 19.5. The molecule has 0 saturated heterocycles. The smallest absolute Gasteiger partial charge is 0.335 e. The number of aromatic carboxylic acids is 1. The van der Waals surface area contributed by atoms with Gasteiger partial charge in [0, 0.05) is 31.9 Å². The van der Waals surface area contributed by atoms with Crippen molar-refractivity contribution >= 4 is 17.4 Å². The number of fused-ring (bicyclic) bond motifs is 7. The number of benzene rings is 1. The van der Waals surface area contributed by atoms with Gasteiger partial charge in [-0.1, -0.05) is 71.0 Å². The van der Waals surface area contributed by atoms with Crippen molar-refractivity contribution in [3.05, 3.63) is 83.7 Å². The predicted molar refractivity (Wildman–Crippen MR) is 201 cm³/mol. The van der Waals surface area contributed by atoms with E-state index in [1.807, 2.05) is 42.4 Å². The number of carbonyl (C=O) groups is 2. The molecule has 0 bridgehead atoms. The Balaban J connectivity index is 1.19. The standard InChI is InChI=1S/C45H60N2O3/c1-29(2)33-18-24-45(40(50)47(8)28-21-32-11-9-10-27-46-32)26-25-43(6)35(38(33)45)16-17-37-42(5)22-19-34(30-12-14-31(15-13-30)39(48)49)41(3,4)36(42)20-23-44(37,43)7/h9-15,19,27,33,35-38H,1,16-18,20-26,28H2,2-8H3,(H,48,49)/t33-,35+,36-,37+,38+,42-,43+,44+,45-/m0/s1. The van der Waals surface area contributed by atoms with Gasteiger partial charge in [0.15, 0.2) is 0 Å². The lowest BCUT2D eigenvalue weighted by atomic mass is 9.32. The maximum Gasteiger partial charge on any atom is 0.335 e. The number of pyridine rings is 1. The minimum absolute atomic E-state index is 0.0126. The van der Waals surface area contributed by atoms with Gasteiger partial charge < -0.3 is 10.0 Å². The summed E-state index contributed by atoms with van der Waals surface area (Å²) in [5, 5.41) is 9.49. The summed E-state index contributed by atoms with van der Waals surface area (Å²) in [6.07, 6.45) is 15.3. The van der Waals surface area contributed by atoms with Crippen molar-refractivity contribution in [3.63, 3.8) is 0 Å². The molecular weight excluding hydrogens is 617 g/mol. The summed E-state index contributed by atoms with van der Waals surface area (Å²) in [4.78, 5) is 32.9. The fourth-order valence-corrected chi connectivity index (χ4v) is 13.7. The summed E-state index contributed by atoms with van der Waals surface area (Å²) < 4.78 is 0. The van der Waals surface area contributed by atoms with Crippen LogP contribution in [-0.4, -0.2) is 40.5 Å². The predicted octanol–water partition coefficient (Wildman–Crippen LogP) is 10.1. The Bertz CT molecular complexity index is 1690. The van der Waals surface area contributed by atoms with Crippen LogP contribution >= 0.6 is 0 Å². The van der Waals surface area contributed by atoms with E-state index in [0.29, 0.717) is 47.6 Å². The minimum Gasteiger partial charge on any atom is -0.478 e.